The lowest BCUT2D eigenvalue weighted by atomic mass is 10.0. The average Bonchev–Trinajstić information content (AvgIpc) is 2.46. The Kier molecular flexibility index (Phi) is 3.06. The van der Waals surface area contributed by atoms with Gasteiger partial charge in [0, 0.05) is 34.8 Å². The topological polar surface area (TPSA) is 47.9 Å². The first-order chi connectivity index (χ1) is 9.69. The number of aromatic nitrogens is 3. The van der Waals surface area contributed by atoms with Crippen LogP contribution < -0.4 is 4.74 Å². The zero-order valence-electron chi connectivity index (χ0n) is 11.7. The predicted octanol–water partition coefficient (Wildman–Crippen LogP) is 3.32. The Morgan fingerprint density at radius 1 is 0.900 bits per heavy atom. The second kappa shape index (κ2) is 4.89. The van der Waals surface area contributed by atoms with Crippen molar-refractivity contribution in [2.75, 3.05) is 7.11 Å². The van der Waals surface area contributed by atoms with E-state index in [9.17, 15) is 0 Å². The van der Waals surface area contributed by atoms with E-state index in [0.717, 1.165) is 33.5 Å². The van der Waals surface area contributed by atoms with E-state index in [0.29, 0.717) is 5.88 Å². The molecule has 0 bridgehead atoms. The normalized spacial score (nSPS) is 10.8. The maximum Gasteiger partial charge on any atom is 0.213 e. The zero-order chi connectivity index (χ0) is 14.1. The molecule has 0 saturated carbocycles. The first-order valence-electron chi connectivity index (χ1n) is 6.43. The molecule has 3 aromatic rings. The standard InChI is InChI=1S/C16H15N3O/c1-10-4-5-12(11(2)18-10)13-8-9-17-14-6-7-15(20-3)19-16(13)14/h4-9H,1-3H3. The van der Waals surface area contributed by atoms with E-state index in [4.69, 9.17) is 4.74 Å². The Morgan fingerprint density at radius 3 is 2.50 bits per heavy atom. The number of hydrogen-bond donors (Lipinski definition) is 0. The summed E-state index contributed by atoms with van der Waals surface area (Å²) < 4.78 is 5.21. The summed E-state index contributed by atoms with van der Waals surface area (Å²) in [6.45, 7) is 4.00. The third-order valence-corrected chi connectivity index (χ3v) is 3.28. The minimum atomic E-state index is 0.587. The molecule has 20 heavy (non-hydrogen) atoms. The number of fused-ring (bicyclic) bond motifs is 1. The molecule has 0 aliphatic carbocycles. The smallest absolute Gasteiger partial charge is 0.213 e. The van der Waals surface area contributed by atoms with Crippen LogP contribution in [0.25, 0.3) is 22.2 Å². The van der Waals surface area contributed by atoms with Crippen molar-refractivity contribution < 1.29 is 4.74 Å². The van der Waals surface area contributed by atoms with Gasteiger partial charge < -0.3 is 4.74 Å². The van der Waals surface area contributed by atoms with Crippen LogP contribution in [0.2, 0.25) is 0 Å². The minimum Gasteiger partial charge on any atom is -0.481 e. The van der Waals surface area contributed by atoms with Crippen molar-refractivity contribution in [3.63, 3.8) is 0 Å². The quantitative estimate of drug-likeness (QED) is 0.713. The lowest BCUT2D eigenvalue weighted by Gasteiger charge is -2.09. The molecule has 100 valence electrons. The molecule has 3 heterocycles. The van der Waals surface area contributed by atoms with Crippen molar-refractivity contribution in [2.45, 2.75) is 13.8 Å². The van der Waals surface area contributed by atoms with Gasteiger partial charge in [-0.05, 0) is 32.0 Å². The summed E-state index contributed by atoms with van der Waals surface area (Å²) in [5.41, 5.74) is 5.78. The third-order valence-electron chi connectivity index (χ3n) is 3.28. The van der Waals surface area contributed by atoms with Gasteiger partial charge in [-0.25, -0.2) is 4.98 Å². The molecule has 0 aromatic carbocycles. The van der Waals surface area contributed by atoms with Gasteiger partial charge in [0.05, 0.1) is 12.6 Å². The highest BCUT2D eigenvalue weighted by Gasteiger charge is 2.10. The van der Waals surface area contributed by atoms with Crippen LogP contribution in [0.5, 0.6) is 5.88 Å². The Labute approximate surface area is 117 Å². The van der Waals surface area contributed by atoms with Crippen molar-refractivity contribution in [3.05, 3.63) is 47.9 Å². The van der Waals surface area contributed by atoms with E-state index in [2.05, 4.69) is 21.0 Å². The van der Waals surface area contributed by atoms with Gasteiger partial charge in [-0.15, -0.1) is 0 Å². The van der Waals surface area contributed by atoms with Gasteiger partial charge in [-0.2, -0.15) is 0 Å². The summed E-state index contributed by atoms with van der Waals surface area (Å²) in [6, 6.07) is 9.79. The van der Waals surface area contributed by atoms with Crippen LogP contribution in [0.1, 0.15) is 11.4 Å². The van der Waals surface area contributed by atoms with Gasteiger partial charge in [0.25, 0.3) is 0 Å². The van der Waals surface area contributed by atoms with Crippen molar-refractivity contribution in [1.82, 2.24) is 15.0 Å². The Bertz CT molecular complexity index is 784. The van der Waals surface area contributed by atoms with Gasteiger partial charge >= 0.3 is 0 Å². The third kappa shape index (κ3) is 2.09. The average molecular weight is 265 g/mol. The lowest BCUT2D eigenvalue weighted by molar-refractivity contribution is 0.399. The number of aryl methyl sites for hydroxylation is 2. The van der Waals surface area contributed by atoms with Gasteiger partial charge in [0.1, 0.15) is 5.52 Å². The van der Waals surface area contributed by atoms with Gasteiger partial charge in [0.2, 0.25) is 5.88 Å². The molecular weight excluding hydrogens is 250 g/mol. The SMILES string of the molecule is COc1ccc2nccc(-c3ccc(C)nc3C)c2n1. The van der Waals surface area contributed by atoms with E-state index >= 15 is 0 Å². The molecule has 0 atom stereocenters. The fourth-order valence-electron chi connectivity index (χ4n) is 2.31. The molecule has 0 unspecified atom stereocenters. The van der Waals surface area contributed by atoms with Crippen LogP contribution in [0, 0.1) is 13.8 Å². The number of ether oxygens (including phenoxy) is 1. The van der Waals surface area contributed by atoms with Crippen LogP contribution in [-0.2, 0) is 0 Å². The van der Waals surface area contributed by atoms with Crippen molar-refractivity contribution in [1.29, 1.82) is 0 Å². The minimum absolute atomic E-state index is 0.587. The maximum absolute atomic E-state index is 5.21. The summed E-state index contributed by atoms with van der Waals surface area (Å²) in [4.78, 5) is 13.4. The number of rotatable bonds is 2. The summed E-state index contributed by atoms with van der Waals surface area (Å²) in [5.74, 6) is 0.587. The summed E-state index contributed by atoms with van der Waals surface area (Å²) in [6.07, 6.45) is 1.80. The highest BCUT2D eigenvalue weighted by Crippen LogP contribution is 2.29. The van der Waals surface area contributed by atoms with E-state index in [1.165, 1.54) is 0 Å². The highest BCUT2D eigenvalue weighted by atomic mass is 16.5. The number of methoxy groups -OCH3 is 1. The first-order valence-corrected chi connectivity index (χ1v) is 6.43. The molecule has 0 spiro atoms. The van der Waals surface area contributed by atoms with E-state index < -0.39 is 0 Å². The molecule has 0 radical (unpaired) electrons. The fraction of sp³-hybridized carbons (Fsp3) is 0.188. The number of hydrogen-bond acceptors (Lipinski definition) is 4. The van der Waals surface area contributed by atoms with Crippen molar-refractivity contribution >= 4 is 11.0 Å². The van der Waals surface area contributed by atoms with Crippen LogP contribution in [0.4, 0.5) is 0 Å². The summed E-state index contributed by atoms with van der Waals surface area (Å²) in [7, 11) is 1.61. The molecule has 4 nitrogen and oxygen atoms in total. The second-order valence-electron chi connectivity index (χ2n) is 4.67. The zero-order valence-corrected chi connectivity index (χ0v) is 11.7. The van der Waals surface area contributed by atoms with Gasteiger partial charge in [0.15, 0.2) is 0 Å². The second-order valence-corrected chi connectivity index (χ2v) is 4.67. The predicted molar refractivity (Wildman–Crippen MR) is 78.8 cm³/mol. The van der Waals surface area contributed by atoms with Crippen molar-refractivity contribution in [3.8, 4) is 17.0 Å². The van der Waals surface area contributed by atoms with E-state index in [1.807, 2.05) is 38.1 Å². The summed E-state index contributed by atoms with van der Waals surface area (Å²) >= 11 is 0. The monoisotopic (exact) mass is 265 g/mol. The molecular formula is C16H15N3O. The van der Waals surface area contributed by atoms with E-state index in [1.54, 1.807) is 13.3 Å². The molecule has 0 N–H and O–H groups in total. The number of pyridine rings is 3. The van der Waals surface area contributed by atoms with Crippen LogP contribution in [0.15, 0.2) is 36.5 Å². The first kappa shape index (κ1) is 12.5. The summed E-state index contributed by atoms with van der Waals surface area (Å²) in [5, 5.41) is 0. The molecule has 0 amide bonds. The molecule has 0 fully saturated rings. The number of nitrogens with zero attached hydrogens (tertiary/aromatic N) is 3. The molecule has 3 rings (SSSR count). The molecule has 0 aliphatic heterocycles. The molecule has 4 heteroatoms. The largest absolute Gasteiger partial charge is 0.481 e. The van der Waals surface area contributed by atoms with E-state index in [-0.39, 0.29) is 0 Å². The Hall–Kier alpha value is -2.49. The fourth-order valence-corrected chi connectivity index (χ4v) is 2.31. The molecule has 0 saturated heterocycles. The molecule has 0 aliphatic rings. The Balaban J connectivity index is 2.29. The maximum atomic E-state index is 5.21. The lowest BCUT2D eigenvalue weighted by Crippen LogP contribution is -1.95. The highest BCUT2D eigenvalue weighted by molar-refractivity contribution is 5.91. The van der Waals surface area contributed by atoms with Crippen molar-refractivity contribution in [2.24, 2.45) is 0 Å². The van der Waals surface area contributed by atoms with Gasteiger partial charge in [-0.1, -0.05) is 6.07 Å². The van der Waals surface area contributed by atoms with Crippen LogP contribution in [0.3, 0.4) is 0 Å². The van der Waals surface area contributed by atoms with Crippen LogP contribution in [-0.4, -0.2) is 22.1 Å². The Morgan fingerprint density at radius 2 is 1.75 bits per heavy atom. The molecule has 3 aromatic heterocycles. The van der Waals surface area contributed by atoms with Gasteiger partial charge in [-0.3, -0.25) is 9.97 Å². The van der Waals surface area contributed by atoms with Crippen LogP contribution >= 0.6 is 0 Å².